The topological polar surface area (TPSA) is 59.5 Å². The van der Waals surface area contributed by atoms with Crippen molar-refractivity contribution in [3.8, 4) is 0 Å². The third kappa shape index (κ3) is 4.63. The maximum atomic E-state index is 13.8. The monoisotopic (exact) mass is 406 g/mol. The number of hydrogen-bond acceptors (Lipinski definition) is 4. The Morgan fingerprint density at radius 2 is 2.04 bits per heavy atom. The minimum absolute atomic E-state index is 0.0818. The Balaban J connectivity index is 1.62. The molecular weight excluding hydrogens is 391 g/mol. The van der Waals surface area contributed by atoms with E-state index in [1.807, 2.05) is 0 Å². The van der Waals surface area contributed by atoms with Gasteiger partial charge in [-0.1, -0.05) is 18.2 Å². The van der Waals surface area contributed by atoms with Gasteiger partial charge in [0.2, 0.25) is 0 Å². The third-order valence-electron chi connectivity index (χ3n) is 3.87. The van der Waals surface area contributed by atoms with Gasteiger partial charge in [-0.05, 0) is 40.9 Å². The SMILES string of the molecule is O=C(OCC(=O)N(Cc1ccccc1F)C1CC1)c1cncc(Br)c1. The molecule has 1 fully saturated rings. The summed E-state index contributed by atoms with van der Waals surface area (Å²) in [6, 6.07) is 8.00. The predicted molar refractivity (Wildman–Crippen MR) is 92.2 cm³/mol. The molecule has 2 aromatic rings. The highest BCUT2D eigenvalue weighted by Crippen LogP contribution is 2.29. The van der Waals surface area contributed by atoms with Crippen molar-refractivity contribution in [2.45, 2.75) is 25.4 Å². The van der Waals surface area contributed by atoms with Crippen LogP contribution in [-0.4, -0.2) is 34.4 Å². The van der Waals surface area contributed by atoms with Gasteiger partial charge in [0, 0.05) is 35.0 Å². The molecule has 1 heterocycles. The number of ether oxygens (including phenoxy) is 1. The number of carbonyl (C=O) groups is 2. The first-order valence-electron chi connectivity index (χ1n) is 7.85. The standard InChI is InChI=1S/C18H16BrFN2O3/c19-14-7-13(8-21-9-14)18(24)25-11-17(23)22(15-5-6-15)10-12-3-1-2-4-16(12)20/h1-4,7-9,15H,5-6,10-11H2. The Hall–Kier alpha value is -2.28. The molecule has 0 bridgehead atoms. The van der Waals surface area contributed by atoms with E-state index in [4.69, 9.17) is 4.74 Å². The highest BCUT2D eigenvalue weighted by molar-refractivity contribution is 9.10. The summed E-state index contributed by atoms with van der Waals surface area (Å²) in [6.07, 6.45) is 4.67. The molecule has 0 aliphatic heterocycles. The number of esters is 1. The lowest BCUT2D eigenvalue weighted by molar-refractivity contribution is -0.135. The Kier molecular flexibility index (Phi) is 5.43. The van der Waals surface area contributed by atoms with Gasteiger partial charge in [-0.2, -0.15) is 0 Å². The molecule has 1 aromatic heterocycles. The molecule has 0 spiro atoms. The summed E-state index contributed by atoms with van der Waals surface area (Å²) in [7, 11) is 0. The Morgan fingerprint density at radius 1 is 1.28 bits per heavy atom. The van der Waals surface area contributed by atoms with Gasteiger partial charge in [-0.3, -0.25) is 9.78 Å². The lowest BCUT2D eigenvalue weighted by Gasteiger charge is -2.22. The third-order valence-corrected chi connectivity index (χ3v) is 4.31. The largest absolute Gasteiger partial charge is 0.452 e. The van der Waals surface area contributed by atoms with E-state index in [-0.39, 0.29) is 36.5 Å². The van der Waals surface area contributed by atoms with Crippen LogP contribution in [0.2, 0.25) is 0 Å². The van der Waals surface area contributed by atoms with E-state index < -0.39 is 5.97 Å². The first-order chi connectivity index (χ1) is 12.0. The zero-order valence-electron chi connectivity index (χ0n) is 13.3. The molecule has 0 atom stereocenters. The minimum atomic E-state index is -0.621. The molecule has 130 valence electrons. The van der Waals surface area contributed by atoms with E-state index in [1.165, 1.54) is 12.3 Å². The van der Waals surface area contributed by atoms with E-state index in [2.05, 4.69) is 20.9 Å². The van der Waals surface area contributed by atoms with Crippen LogP contribution in [0.1, 0.15) is 28.8 Å². The summed E-state index contributed by atoms with van der Waals surface area (Å²) in [5.41, 5.74) is 0.708. The van der Waals surface area contributed by atoms with Gasteiger partial charge in [-0.25, -0.2) is 9.18 Å². The van der Waals surface area contributed by atoms with E-state index in [0.717, 1.165) is 12.8 Å². The molecule has 1 amide bonds. The Bertz CT molecular complexity index is 795. The number of nitrogens with zero attached hydrogens (tertiary/aromatic N) is 2. The molecule has 1 saturated carbocycles. The van der Waals surface area contributed by atoms with Crippen molar-refractivity contribution in [3.05, 3.63) is 64.1 Å². The minimum Gasteiger partial charge on any atom is -0.452 e. The lowest BCUT2D eigenvalue weighted by Crippen LogP contribution is -2.36. The van der Waals surface area contributed by atoms with Gasteiger partial charge in [0.25, 0.3) is 5.91 Å². The maximum Gasteiger partial charge on any atom is 0.340 e. The average molecular weight is 407 g/mol. The second kappa shape index (κ2) is 7.74. The number of hydrogen-bond donors (Lipinski definition) is 0. The summed E-state index contributed by atoms with van der Waals surface area (Å²) < 4.78 is 19.6. The van der Waals surface area contributed by atoms with Crippen molar-refractivity contribution in [2.24, 2.45) is 0 Å². The fourth-order valence-electron chi connectivity index (χ4n) is 2.43. The molecule has 0 unspecified atom stereocenters. The zero-order valence-corrected chi connectivity index (χ0v) is 14.9. The van der Waals surface area contributed by atoms with Crippen LogP contribution in [0, 0.1) is 5.82 Å². The molecule has 1 aromatic carbocycles. The van der Waals surface area contributed by atoms with Crippen LogP contribution in [0.25, 0.3) is 0 Å². The normalized spacial score (nSPS) is 13.4. The number of rotatable bonds is 6. The molecule has 25 heavy (non-hydrogen) atoms. The molecule has 0 saturated heterocycles. The Labute approximate surface area is 152 Å². The van der Waals surface area contributed by atoms with Gasteiger partial charge in [0.05, 0.1) is 5.56 Å². The number of carbonyl (C=O) groups excluding carboxylic acids is 2. The van der Waals surface area contributed by atoms with Gasteiger partial charge in [-0.15, -0.1) is 0 Å². The van der Waals surface area contributed by atoms with Crippen LogP contribution < -0.4 is 0 Å². The van der Waals surface area contributed by atoms with Crippen molar-refractivity contribution >= 4 is 27.8 Å². The Morgan fingerprint density at radius 3 is 2.72 bits per heavy atom. The first kappa shape index (κ1) is 17.5. The van der Waals surface area contributed by atoms with E-state index in [1.54, 1.807) is 35.4 Å². The first-order valence-corrected chi connectivity index (χ1v) is 8.64. The van der Waals surface area contributed by atoms with Crippen molar-refractivity contribution < 1.29 is 18.7 Å². The molecule has 5 nitrogen and oxygen atoms in total. The molecule has 1 aliphatic carbocycles. The van der Waals surface area contributed by atoms with Gasteiger partial charge in [0.1, 0.15) is 5.82 Å². The maximum absolute atomic E-state index is 13.8. The van der Waals surface area contributed by atoms with Crippen molar-refractivity contribution in [3.63, 3.8) is 0 Å². The summed E-state index contributed by atoms with van der Waals surface area (Å²) >= 11 is 3.22. The van der Waals surface area contributed by atoms with Crippen molar-refractivity contribution in [2.75, 3.05) is 6.61 Å². The van der Waals surface area contributed by atoms with E-state index >= 15 is 0 Å². The summed E-state index contributed by atoms with van der Waals surface area (Å²) in [5, 5.41) is 0. The van der Waals surface area contributed by atoms with Crippen molar-refractivity contribution in [1.82, 2.24) is 9.88 Å². The number of benzene rings is 1. The average Bonchev–Trinajstić information content (AvgIpc) is 3.43. The van der Waals surface area contributed by atoms with E-state index in [0.29, 0.717) is 10.0 Å². The number of pyridine rings is 1. The predicted octanol–water partition coefficient (Wildman–Crippen LogP) is 3.33. The summed E-state index contributed by atoms with van der Waals surface area (Å²) in [4.78, 5) is 29.9. The van der Waals surface area contributed by atoms with Crippen LogP contribution in [0.4, 0.5) is 4.39 Å². The number of amides is 1. The molecule has 0 radical (unpaired) electrons. The molecule has 0 N–H and O–H groups in total. The summed E-state index contributed by atoms with van der Waals surface area (Å²) in [6.45, 7) is -0.206. The lowest BCUT2D eigenvalue weighted by atomic mass is 10.2. The second-order valence-electron chi connectivity index (χ2n) is 5.81. The smallest absolute Gasteiger partial charge is 0.340 e. The highest BCUT2D eigenvalue weighted by Gasteiger charge is 2.33. The number of halogens is 2. The molecule has 1 aliphatic rings. The molecular formula is C18H16BrFN2O3. The fourth-order valence-corrected chi connectivity index (χ4v) is 2.80. The van der Waals surface area contributed by atoms with Gasteiger partial charge < -0.3 is 9.64 Å². The highest BCUT2D eigenvalue weighted by atomic mass is 79.9. The van der Waals surface area contributed by atoms with Crippen molar-refractivity contribution in [1.29, 1.82) is 0 Å². The second-order valence-corrected chi connectivity index (χ2v) is 6.73. The number of aromatic nitrogens is 1. The quantitative estimate of drug-likeness (QED) is 0.690. The summed E-state index contributed by atoms with van der Waals surface area (Å²) in [5.74, 6) is -1.30. The van der Waals surface area contributed by atoms with Crippen LogP contribution in [0.15, 0.2) is 47.2 Å². The molecule has 7 heteroatoms. The van der Waals surface area contributed by atoms with E-state index in [9.17, 15) is 14.0 Å². The van der Waals surface area contributed by atoms with Gasteiger partial charge in [0.15, 0.2) is 6.61 Å². The molecule has 3 rings (SSSR count). The van der Waals surface area contributed by atoms with Gasteiger partial charge >= 0.3 is 5.97 Å². The zero-order chi connectivity index (χ0) is 17.8. The fraction of sp³-hybridized carbons (Fsp3) is 0.278. The van der Waals surface area contributed by atoms with Crippen LogP contribution in [-0.2, 0) is 16.1 Å². The van der Waals surface area contributed by atoms with Crippen LogP contribution in [0.3, 0.4) is 0 Å². The van der Waals surface area contributed by atoms with Crippen LogP contribution in [0.5, 0.6) is 0 Å². The van der Waals surface area contributed by atoms with Crippen LogP contribution >= 0.6 is 15.9 Å².